The first kappa shape index (κ1) is 6.90. The van der Waals surface area contributed by atoms with Crippen molar-refractivity contribution in [2.24, 2.45) is 9.98 Å². The second kappa shape index (κ2) is 2.69. The van der Waals surface area contributed by atoms with Crippen LogP contribution in [0.15, 0.2) is 16.2 Å². The van der Waals surface area contributed by atoms with Gasteiger partial charge in [-0.2, -0.15) is 4.98 Å². The fraction of sp³-hybridized carbons (Fsp3) is 0.143. The van der Waals surface area contributed by atoms with Crippen LogP contribution in [0.25, 0.3) is 0 Å². The maximum Gasteiger partial charge on any atom is 0.222 e. The summed E-state index contributed by atoms with van der Waals surface area (Å²) in [6.07, 6.45) is 5.78. The average molecular weight is 161 g/mol. The zero-order chi connectivity index (χ0) is 8.39. The van der Waals surface area contributed by atoms with Gasteiger partial charge in [-0.05, 0) is 0 Å². The molecule has 0 saturated carbocycles. The van der Waals surface area contributed by atoms with Gasteiger partial charge in [-0.25, -0.2) is 9.98 Å². The Morgan fingerprint density at radius 2 is 2.08 bits per heavy atom. The van der Waals surface area contributed by atoms with Gasteiger partial charge in [0.1, 0.15) is 5.69 Å². The Bertz CT molecular complexity index is 355. The minimum Gasteiger partial charge on any atom is -0.368 e. The topological polar surface area (TPSA) is 76.5 Å². The maximum atomic E-state index is 5.38. The molecule has 60 valence electrons. The quantitative estimate of drug-likeness (QED) is 0.613. The Labute approximate surface area is 69.1 Å². The van der Waals surface area contributed by atoms with E-state index in [0.717, 1.165) is 6.42 Å². The van der Waals surface area contributed by atoms with Crippen LogP contribution in [0.2, 0.25) is 0 Å². The van der Waals surface area contributed by atoms with Crippen molar-refractivity contribution in [3.8, 4) is 0 Å². The van der Waals surface area contributed by atoms with Gasteiger partial charge in [-0.3, -0.25) is 4.99 Å². The molecule has 1 aliphatic heterocycles. The van der Waals surface area contributed by atoms with Gasteiger partial charge >= 0.3 is 0 Å². The van der Waals surface area contributed by atoms with Gasteiger partial charge in [-0.15, -0.1) is 0 Å². The van der Waals surface area contributed by atoms with E-state index in [1.807, 2.05) is 0 Å². The van der Waals surface area contributed by atoms with Crippen molar-refractivity contribution in [2.45, 2.75) is 6.42 Å². The van der Waals surface area contributed by atoms with Crippen molar-refractivity contribution < 1.29 is 0 Å². The van der Waals surface area contributed by atoms with Crippen LogP contribution in [0.3, 0.4) is 0 Å². The third-order valence-electron chi connectivity index (χ3n) is 1.42. The molecule has 0 bridgehead atoms. The van der Waals surface area contributed by atoms with Crippen LogP contribution in [-0.4, -0.2) is 22.4 Å². The van der Waals surface area contributed by atoms with Crippen LogP contribution in [0.5, 0.6) is 0 Å². The monoisotopic (exact) mass is 161 g/mol. The van der Waals surface area contributed by atoms with Crippen LogP contribution in [0.1, 0.15) is 6.42 Å². The molecule has 0 unspecified atom stereocenters. The van der Waals surface area contributed by atoms with E-state index < -0.39 is 0 Å². The molecule has 0 radical (unpaired) electrons. The molecule has 5 heteroatoms. The number of anilines is 1. The van der Waals surface area contributed by atoms with Gasteiger partial charge in [-0.1, -0.05) is 0 Å². The molecule has 5 nitrogen and oxygen atoms in total. The van der Waals surface area contributed by atoms with Crippen molar-refractivity contribution in [2.75, 3.05) is 5.73 Å². The number of nitrogens with two attached hydrogens (primary N) is 1. The molecule has 12 heavy (non-hydrogen) atoms. The van der Waals surface area contributed by atoms with E-state index >= 15 is 0 Å². The van der Waals surface area contributed by atoms with E-state index in [-0.39, 0.29) is 5.95 Å². The third-order valence-corrected chi connectivity index (χ3v) is 1.42. The van der Waals surface area contributed by atoms with E-state index in [1.165, 1.54) is 0 Å². The lowest BCUT2D eigenvalue weighted by Crippen LogP contribution is -1.92. The van der Waals surface area contributed by atoms with E-state index in [2.05, 4.69) is 20.0 Å². The molecule has 2 heterocycles. The smallest absolute Gasteiger partial charge is 0.222 e. The van der Waals surface area contributed by atoms with E-state index in [1.54, 1.807) is 18.6 Å². The lowest BCUT2D eigenvalue weighted by molar-refractivity contribution is 1.16. The molecule has 1 aromatic heterocycles. The SMILES string of the molecule is Nc1ncc2c(n1)N=CCC=N2. The molecule has 0 fully saturated rings. The van der Waals surface area contributed by atoms with E-state index in [9.17, 15) is 0 Å². The summed E-state index contributed by atoms with van der Waals surface area (Å²) in [7, 11) is 0. The predicted molar refractivity (Wildman–Crippen MR) is 47.4 cm³/mol. The summed E-state index contributed by atoms with van der Waals surface area (Å²) in [5, 5.41) is 0. The number of aromatic nitrogens is 2. The standard InChI is InChI=1S/C7H7N5/c8-7-11-4-5-6(12-7)10-3-1-2-9-5/h2-4H,1H2,(H2,8,11,12). The first-order valence-electron chi connectivity index (χ1n) is 3.54. The number of aliphatic imine (C=N–C) groups is 2. The van der Waals surface area contributed by atoms with Gasteiger partial charge < -0.3 is 5.73 Å². The highest BCUT2D eigenvalue weighted by atomic mass is 15.1. The molecule has 0 spiro atoms. The molecule has 2 rings (SSSR count). The maximum absolute atomic E-state index is 5.38. The molecule has 1 aromatic rings. The van der Waals surface area contributed by atoms with Gasteiger partial charge in [0.25, 0.3) is 0 Å². The molecule has 2 N–H and O–H groups in total. The van der Waals surface area contributed by atoms with Crippen LogP contribution < -0.4 is 5.73 Å². The Kier molecular flexibility index (Phi) is 1.55. The van der Waals surface area contributed by atoms with E-state index in [0.29, 0.717) is 11.5 Å². The lowest BCUT2D eigenvalue weighted by Gasteiger charge is -1.96. The fourth-order valence-electron chi connectivity index (χ4n) is 0.903. The number of nitrogen functional groups attached to an aromatic ring is 1. The van der Waals surface area contributed by atoms with Crippen molar-refractivity contribution in [1.29, 1.82) is 0 Å². The molecule has 0 aromatic carbocycles. The fourth-order valence-corrected chi connectivity index (χ4v) is 0.903. The first-order valence-corrected chi connectivity index (χ1v) is 3.54. The molecule has 1 aliphatic rings. The average Bonchev–Trinajstić information content (AvgIpc) is 2.28. The molecule has 0 aliphatic carbocycles. The number of nitrogens with zero attached hydrogens (tertiary/aromatic N) is 4. The Balaban J connectivity index is 2.58. The van der Waals surface area contributed by atoms with Crippen molar-refractivity contribution >= 4 is 29.9 Å². The largest absolute Gasteiger partial charge is 0.368 e. The summed E-state index contributed by atoms with van der Waals surface area (Å²) in [6, 6.07) is 0. The van der Waals surface area contributed by atoms with Crippen molar-refractivity contribution in [3.63, 3.8) is 0 Å². The van der Waals surface area contributed by atoms with Gasteiger partial charge in [0.05, 0.1) is 6.20 Å². The van der Waals surface area contributed by atoms with Crippen LogP contribution in [0.4, 0.5) is 17.5 Å². The van der Waals surface area contributed by atoms with E-state index in [4.69, 9.17) is 5.73 Å². The van der Waals surface area contributed by atoms with Crippen LogP contribution in [-0.2, 0) is 0 Å². The lowest BCUT2D eigenvalue weighted by atomic mass is 10.5. The van der Waals surface area contributed by atoms with Crippen LogP contribution in [0, 0.1) is 0 Å². The molecular formula is C7H7N5. The first-order chi connectivity index (χ1) is 5.86. The summed E-state index contributed by atoms with van der Waals surface area (Å²) >= 11 is 0. The molecule has 0 atom stereocenters. The van der Waals surface area contributed by atoms with Gasteiger partial charge in [0.15, 0.2) is 5.82 Å². The van der Waals surface area contributed by atoms with Crippen molar-refractivity contribution in [3.05, 3.63) is 6.20 Å². The molecular weight excluding hydrogens is 154 g/mol. The van der Waals surface area contributed by atoms with Crippen molar-refractivity contribution in [1.82, 2.24) is 9.97 Å². The highest BCUT2D eigenvalue weighted by Gasteiger charge is 2.03. The summed E-state index contributed by atoms with van der Waals surface area (Å²) in [6.45, 7) is 0. The minimum atomic E-state index is 0.225. The van der Waals surface area contributed by atoms with Crippen LogP contribution >= 0.6 is 0 Å². The van der Waals surface area contributed by atoms with Gasteiger partial charge in [0, 0.05) is 18.9 Å². The zero-order valence-electron chi connectivity index (χ0n) is 6.31. The normalized spacial score (nSPS) is 14.0. The highest BCUT2D eigenvalue weighted by Crippen LogP contribution is 2.25. The molecule has 0 amide bonds. The second-order valence-electron chi connectivity index (χ2n) is 2.30. The molecule has 0 saturated heterocycles. The third kappa shape index (κ3) is 1.16. The Morgan fingerprint density at radius 3 is 3.00 bits per heavy atom. The van der Waals surface area contributed by atoms with Gasteiger partial charge in [0.2, 0.25) is 5.95 Å². The summed E-state index contributed by atoms with van der Waals surface area (Å²) in [5.41, 5.74) is 6.05. The summed E-state index contributed by atoms with van der Waals surface area (Å²) in [5.74, 6) is 0.763. The number of rotatable bonds is 0. The Hall–Kier alpha value is -1.78. The zero-order valence-corrected chi connectivity index (χ0v) is 6.31. The summed E-state index contributed by atoms with van der Waals surface area (Å²) < 4.78 is 0. The Morgan fingerprint density at radius 1 is 1.25 bits per heavy atom. The number of fused-ring (bicyclic) bond motifs is 1. The highest BCUT2D eigenvalue weighted by molar-refractivity contribution is 5.86. The minimum absolute atomic E-state index is 0.225. The number of hydrogen-bond acceptors (Lipinski definition) is 5. The number of hydrogen-bond donors (Lipinski definition) is 1. The predicted octanol–water partition coefficient (Wildman–Crippen LogP) is 0.867. The second-order valence-corrected chi connectivity index (χ2v) is 2.30. The summed E-state index contributed by atoms with van der Waals surface area (Å²) in [4.78, 5) is 15.9.